The van der Waals surface area contributed by atoms with Gasteiger partial charge in [0.25, 0.3) is 11.8 Å². The van der Waals surface area contributed by atoms with Gasteiger partial charge in [-0.05, 0) is 58.3 Å². The number of nitrogens with one attached hydrogen (secondary N) is 1. The van der Waals surface area contributed by atoms with E-state index in [0.29, 0.717) is 22.1 Å². The van der Waals surface area contributed by atoms with E-state index in [0.717, 1.165) is 11.1 Å². The molecule has 0 spiro atoms. The molecule has 2 amide bonds. The maximum atomic E-state index is 12.8. The van der Waals surface area contributed by atoms with E-state index in [1.54, 1.807) is 48.5 Å². The molecule has 0 heterocycles. The van der Waals surface area contributed by atoms with Crippen molar-refractivity contribution in [1.82, 2.24) is 0 Å². The fraction of sp³-hybridized carbons (Fsp3) is 0. The lowest BCUT2D eigenvalue weighted by molar-refractivity contribution is 0.0999. The highest BCUT2D eigenvalue weighted by Gasteiger charge is 2.21. The van der Waals surface area contributed by atoms with E-state index in [9.17, 15) is 14.7 Å². The van der Waals surface area contributed by atoms with Gasteiger partial charge in [-0.3, -0.25) is 9.59 Å². The minimum atomic E-state index is -0.813. The third kappa shape index (κ3) is 3.54. The van der Waals surface area contributed by atoms with Crippen LogP contribution < -0.4 is 16.8 Å². The number of nitrogen functional groups attached to an aromatic ring is 1. The van der Waals surface area contributed by atoms with Gasteiger partial charge >= 0.3 is 0 Å². The molecule has 0 atom stereocenters. The van der Waals surface area contributed by atoms with Gasteiger partial charge in [-0.25, -0.2) is 0 Å². The number of rotatable bonds is 4. The summed E-state index contributed by atoms with van der Waals surface area (Å²) < 4.78 is 0. The summed E-state index contributed by atoms with van der Waals surface area (Å²) >= 11 is 0. The Morgan fingerprint density at radius 2 is 1.50 bits per heavy atom. The van der Waals surface area contributed by atoms with Crippen LogP contribution in [0.5, 0.6) is 5.75 Å². The van der Waals surface area contributed by atoms with Gasteiger partial charge in [0.15, 0.2) is 0 Å². The maximum Gasteiger partial charge on any atom is 0.259 e. The predicted molar refractivity (Wildman–Crippen MR) is 118 cm³/mol. The molecule has 6 heteroatoms. The van der Waals surface area contributed by atoms with Crippen molar-refractivity contribution >= 4 is 34.0 Å². The third-order valence-corrected chi connectivity index (χ3v) is 4.88. The van der Waals surface area contributed by atoms with Crippen LogP contribution in [-0.2, 0) is 0 Å². The van der Waals surface area contributed by atoms with E-state index in [-0.39, 0.29) is 11.1 Å². The number of aromatic hydroxyl groups is 1. The van der Waals surface area contributed by atoms with Crippen LogP contribution in [0.3, 0.4) is 0 Å². The Labute approximate surface area is 172 Å². The predicted octanol–water partition coefficient (Wildman–Crippen LogP) is 4.15. The molecule has 0 aliphatic rings. The van der Waals surface area contributed by atoms with Crippen LogP contribution in [0, 0.1) is 0 Å². The number of hydrogen-bond acceptors (Lipinski definition) is 4. The van der Waals surface area contributed by atoms with E-state index < -0.39 is 17.6 Å². The Kier molecular flexibility index (Phi) is 4.82. The topological polar surface area (TPSA) is 118 Å². The zero-order valence-corrected chi connectivity index (χ0v) is 15.9. The van der Waals surface area contributed by atoms with Gasteiger partial charge in [0.05, 0.1) is 11.1 Å². The average molecular weight is 397 g/mol. The SMILES string of the molecule is NC(=O)c1c(O)c(C(=O)Nc2ccccc2)cc2cc(-c3ccc(N)cc3)ccc12. The summed E-state index contributed by atoms with van der Waals surface area (Å²) in [5.74, 6) is -1.79. The van der Waals surface area contributed by atoms with Crippen molar-refractivity contribution in [2.45, 2.75) is 0 Å². The summed E-state index contributed by atoms with van der Waals surface area (Å²) in [6.07, 6.45) is 0. The van der Waals surface area contributed by atoms with Gasteiger partial charge in [-0.15, -0.1) is 0 Å². The first-order valence-electron chi connectivity index (χ1n) is 9.26. The summed E-state index contributed by atoms with van der Waals surface area (Å²) in [5.41, 5.74) is 14.2. The maximum absolute atomic E-state index is 12.8. The monoisotopic (exact) mass is 397 g/mol. The zero-order chi connectivity index (χ0) is 21.3. The summed E-state index contributed by atoms with van der Waals surface area (Å²) in [6, 6.07) is 23.1. The minimum absolute atomic E-state index is 0.0328. The van der Waals surface area contributed by atoms with Crippen LogP contribution in [0.15, 0.2) is 78.9 Å². The number of nitrogens with two attached hydrogens (primary N) is 2. The Bertz CT molecular complexity index is 1270. The smallest absolute Gasteiger partial charge is 0.259 e. The second-order valence-corrected chi connectivity index (χ2v) is 6.89. The summed E-state index contributed by atoms with van der Waals surface area (Å²) in [7, 11) is 0. The number of carbonyl (C=O) groups is 2. The van der Waals surface area contributed by atoms with E-state index in [1.807, 2.05) is 30.3 Å². The molecule has 0 bridgehead atoms. The van der Waals surface area contributed by atoms with Crippen LogP contribution in [0.1, 0.15) is 20.7 Å². The molecule has 0 aromatic heterocycles. The lowest BCUT2D eigenvalue weighted by Gasteiger charge is -2.13. The van der Waals surface area contributed by atoms with Gasteiger partial charge in [0.2, 0.25) is 0 Å². The highest BCUT2D eigenvalue weighted by atomic mass is 16.3. The van der Waals surface area contributed by atoms with Crippen molar-refractivity contribution in [2.24, 2.45) is 5.73 Å². The van der Waals surface area contributed by atoms with Crippen LogP contribution in [0.2, 0.25) is 0 Å². The highest BCUT2D eigenvalue weighted by Crippen LogP contribution is 2.34. The van der Waals surface area contributed by atoms with Crippen molar-refractivity contribution < 1.29 is 14.7 Å². The number of hydrogen-bond donors (Lipinski definition) is 4. The number of phenols is 1. The van der Waals surface area contributed by atoms with Gasteiger partial charge in [0.1, 0.15) is 5.75 Å². The first kappa shape index (κ1) is 19.0. The molecule has 0 aliphatic heterocycles. The average Bonchev–Trinajstić information content (AvgIpc) is 2.74. The van der Waals surface area contributed by atoms with Crippen LogP contribution in [-0.4, -0.2) is 16.9 Å². The number of para-hydroxylation sites is 1. The first-order valence-corrected chi connectivity index (χ1v) is 9.26. The quantitative estimate of drug-likeness (QED) is 0.387. The molecule has 30 heavy (non-hydrogen) atoms. The number of primary amides is 1. The third-order valence-electron chi connectivity index (χ3n) is 4.88. The van der Waals surface area contributed by atoms with Gasteiger partial charge in [-0.1, -0.05) is 42.5 Å². The Morgan fingerprint density at radius 1 is 0.833 bits per heavy atom. The number of benzene rings is 4. The largest absolute Gasteiger partial charge is 0.506 e. The standard InChI is InChI=1S/C24H19N3O3/c25-17-9-6-14(7-10-17)15-8-11-19-16(12-15)13-20(22(28)21(19)23(26)29)24(30)27-18-4-2-1-3-5-18/h1-13,28H,25H2,(H2,26,29)(H,27,30). The number of anilines is 2. The normalized spacial score (nSPS) is 10.7. The van der Waals surface area contributed by atoms with Crippen molar-refractivity contribution in [3.8, 4) is 16.9 Å². The molecule has 0 radical (unpaired) electrons. The van der Waals surface area contributed by atoms with Crippen molar-refractivity contribution in [3.63, 3.8) is 0 Å². The molecule has 4 aromatic rings. The number of carbonyl (C=O) groups excluding carboxylic acids is 2. The van der Waals surface area contributed by atoms with Gasteiger partial charge in [0, 0.05) is 11.4 Å². The number of fused-ring (bicyclic) bond motifs is 1. The highest BCUT2D eigenvalue weighted by molar-refractivity contribution is 6.16. The Morgan fingerprint density at radius 3 is 2.17 bits per heavy atom. The lowest BCUT2D eigenvalue weighted by atomic mass is 9.94. The van der Waals surface area contributed by atoms with E-state index in [2.05, 4.69) is 5.32 Å². The lowest BCUT2D eigenvalue weighted by Crippen LogP contribution is -2.16. The van der Waals surface area contributed by atoms with Crippen LogP contribution >= 0.6 is 0 Å². The second kappa shape index (κ2) is 7.60. The Hall–Kier alpha value is -4.32. The van der Waals surface area contributed by atoms with Crippen LogP contribution in [0.4, 0.5) is 11.4 Å². The first-order chi connectivity index (χ1) is 14.4. The van der Waals surface area contributed by atoms with Crippen molar-refractivity contribution in [3.05, 3.63) is 90.0 Å². The molecule has 0 fully saturated rings. The number of amides is 2. The van der Waals surface area contributed by atoms with Crippen molar-refractivity contribution in [1.29, 1.82) is 0 Å². The minimum Gasteiger partial charge on any atom is -0.506 e. The second-order valence-electron chi connectivity index (χ2n) is 6.89. The molecule has 0 saturated carbocycles. The van der Waals surface area contributed by atoms with E-state index in [4.69, 9.17) is 11.5 Å². The molecular formula is C24H19N3O3. The Balaban J connectivity index is 1.85. The molecule has 0 aliphatic carbocycles. The molecule has 4 rings (SSSR count). The molecule has 4 aromatic carbocycles. The summed E-state index contributed by atoms with van der Waals surface area (Å²) in [4.78, 5) is 24.9. The van der Waals surface area contributed by atoms with Gasteiger partial charge < -0.3 is 21.9 Å². The molecule has 6 nitrogen and oxygen atoms in total. The van der Waals surface area contributed by atoms with E-state index in [1.165, 1.54) is 0 Å². The van der Waals surface area contributed by atoms with E-state index >= 15 is 0 Å². The molecular weight excluding hydrogens is 378 g/mol. The fourth-order valence-electron chi connectivity index (χ4n) is 3.39. The van der Waals surface area contributed by atoms with Crippen LogP contribution in [0.25, 0.3) is 21.9 Å². The van der Waals surface area contributed by atoms with Crippen molar-refractivity contribution in [2.75, 3.05) is 11.1 Å². The summed E-state index contributed by atoms with van der Waals surface area (Å²) in [6.45, 7) is 0. The molecule has 6 N–H and O–H groups in total. The molecule has 0 saturated heterocycles. The molecule has 148 valence electrons. The van der Waals surface area contributed by atoms with Gasteiger partial charge in [-0.2, -0.15) is 0 Å². The molecule has 0 unspecified atom stereocenters. The zero-order valence-electron chi connectivity index (χ0n) is 15.9. The fourth-order valence-corrected chi connectivity index (χ4v) is 3.39. The summed E-state index contributed by atoms with van der Waals surface area (Å²) in [5, 5.41) is 14.4.